The average molecular weight is 441 g/mol. The first-order valence-electron chi connectivity index (χ1n) is 10.1. The highest BCUT2D eigenvalue weighted by Gasteiger charge is 2.31. The summed E-state index contributed by atoms with van der Waals surface area (Å²) in [6, 6.07) is 13.6. The number of aliphatic imine (C=N–C) groups is 1. The van der Waals surface area contributed by atoms with Gasteiger partial charge in [-0.2, -0.15) is 15.5 Å². The second-order valence-electron chi connectivity index (χ2n) is 7.02. The summed E-state index contributed by atoms with van der Waals surface area (Å²) in [7, 11) is 0. The van der Waals surface area contributed by atoms with Gasteiger partial charge in [-0.1, -0.05) is 12.1 Å². The first kappa shape index (κ1) is 21.6. The van der Waals surface area contributed by atoms with Crippen molar-refractivity contribution in [2.24, 2.45) is 15.8 Å². The zero-order chi connectivity index (χ0) is 23.4. The Labute approximate surface area is 189 Å². The van der Waals surface area contributed by atoms with E-state index in [1.165, 1.54) is 12.1 Å². The van der Waals surface area contributed by atoms with E-state index in [1.807, 2.05) is 31.2 Å². The second kappa shape index (κ2) is 9.23. The number of hydrogen-bond acceptors (Lipinski definition) is 8. The van der Waals surface area contributed by atoms with Crippen molar-refractivity contribution in [2.75, 3.05) is 0 Å². The van der Waals surface area contributed by atoms with E-state index in [1.54, 1.807) is 29.2 Å². The molecule has 3 aromatic rings. The van der Waals surface area contributed by atoms with Crippen LogP contribution in [0, 0.1) is 22.6 Å². The van der Waals surface area contributed by atoms with E-state index in [0.717, 1.165) is 5.69 Å². The maximum absolute atomic E-state index is 15.2. The van der Waals surface area contributed by atoms with Gasteiger partial charge in [0.1, 0.15) is 23.3 Å². The van der Waals surface area contributed by atoms with Gasteiger partial charge in [0.25, 0.3) is 0 Å². The molecule has 9 nitrogen and oxygen atoms in total. The Bertz CT molecular complexity index is 1340. The molecule has 1 aliphatic heterocycles. The number of nitrogens with zero attached hydrogens (tertiary/aromatic N) is 6. The minimum absolute atomic E-state index is 0.0841. The number of aryl methyl sites for hydroxylation is 1. The highest BCUT2D eigenvalue weighted by molar-refractivity contribution is 6.77. The molecular weight excluding hydrogens is 421 g/mol. The highest BCUT2D eigenvalue weighted by atomic mass is 19.1. The molecule has 0 aliphatic carbocycles. The number of nitrogens with one attached hydrogen (secondary N) is 2. The van der Waals surface area contributed by atoms with Crippen LogP contribution in [0.5, 0.6) is 0 Å². The Balaban J connectivity index is 1.91. The van der Waals surface area contributed by atoms with E-state index in [2.05, 4.69) is 25.6 Å². The molecule has 10 heteroatoms. The largest absolute Gasteiger partial charge is 0.382 e. The predicted molar refractivity (Wildman–Crippen MR) is 124 cm³/mol. The van der Waals surface area contributed by atoms with E-state index >= 15 is 4.39 Å². The van der Waals surface area contributed by atoms with Crippen molar-refractivity contribution in [3.63, 3.8) is 0 Å². The van der Waals surface area contributed by atoms with Crippen LogP contribution in [-0.2, 0) is 13.1 Å². The average Bonchev–Trinajstić information content (AvgIpc) is 3.31. The molecule has 4 rings (SSSR count). The van der Waals surface area contributed by atoms with Gasteiger partial charge in [0.05, 0.1) is 34.8 Å². The van der Waals surface area contributed by atoms with E-state index in [-0.39, 0.29) is 34.1 Å². The summed E-state index contributed by atoms with van der Waals surface area (Å²) < 4.78 is 16.9. The van der Waals surface area contributed by atoms with Gasteiger partial charge >= 0.3 is 0 Å². The standard InChI is InChI=1S/C23H20FN9/c1-2-33-17(9-11-30-33)18-21(16-8-5-6-14(12-25)19(16)24)31-23(27)20(26)22(18)32-29-13-15-7-3-4-10-28-15/h3-11,26,29H,2,13H2,1H3,(H2,27,31)/b26-20?,32-22-. The molecule has 3 heterocycles. The van der Waals surface area contributed by atoms with Gasteiger partial charge in [-0.25, -0.2) is 9.38 Å². The summed E-state index contributed by atoms with van der Waals surface area (Å²) in [5, 5.41) is 26.5. The fourth-order valence-electron chi connectivity index (χ4n) is 3.44. The minimum atomic E-state index is -0.721. The Morgan fingerprint density at radius 2 is 2.06 bits per heavy atom. The number of hydrazone groups is 1. The molecular formula is C23H20FN9. The van der Waals surface area contributed by atoms with Crippen molar-refractivity contribution in [1.82, 2.24) is 20.2 Å². The SMILES string of the molecule is CCn1nccc1C1=C(c2cccc(C#N)c2F)N=C(N)C(=N)/C1=N\NCc1ccccn1. The lowest BCUT2D eigenvalue weighted by atomic mass is 9.93. The van der Waals surface area contributed by atoms with Crippen LogP contribution in [0.2, 0.25) is 0 Å². The lowest BCUT2D eigenvalue weighted by Gasteiger charge is -2.22. The third kappa shape index (κ3) is 4.12. The molecule has 4 N–H and O–H groups in total. The molecule has 0 atom stereocenters. The molecule has 0 amide bonds. The maximum atomic E-state index is 15.2. The molecule has 2 aromatic heterocycles. The summed E-state index contributed by atoms with van der Waals surface area (Å²) >= 11 is 0. The lowest BCUT2D eigenvalue weighted by molar-refractivity contribution is 0.620. The molecule has 0 bridgehead atoms. The fraction of sp³-hybridized carbons (Fsp3) is 0.130. The zero-order valence-corrected chi connectivity index (χ0v) is 17.7. The van der Waals surface area contributed by atoms with Crippen LogP contribution in [0.25, 0.3) is 11.3 Å². The zero-order valence-electron chi connectivity index (χ0n) is 17.7. The molecule has 0 saturated heterocycles. The number of benzene rings is 1. The van der Waals surface area contributed by atoms with Gasteiger partial charge in [0.15, 0.2) is 5.84 Å². The first-order valence-corrected chi connectivity index (χ1v) is 10.1. The number of hydrogen-bond donors (Lipinski definition) is 3. The lowest BCUT2D eigenvalue weighted by Crippen LogP contribution is -2.36. The summed E-state index contributed by atoms with van der Waals surface area (Å²) in [4.78, 5) is 8.58. The molecule has 0 radical (unpaired) electrons. The van der Waals surface area contributed by atoms with Gasteiger partial charge in [0, 0.05) is 24.5 Å². The normalized spacial score (nSPS) is 14.9. The van der Waals surface area contributed by atoms with Crippen LogP contribution in [0.1, 0.15) is 29.4 Å². The summed E-state index contributed by atoms with van der Waals surface area (Å²) in [6.07, 6.45) is 3.28. The minimum Gasteiger partial charge on any atom is -0.382 e. The number of nitrogens with two attached hydrogens (primary N) is 1. The fourth-order valence-corrected chi connectivity index (χ4v) is 3.44. The number of nitriles is 1. The first-order chi connectivity index (χ1) is 16.0. The van der Waals surface area contributed by atoms with E-state index < -0.39 is 5.82 Å². The highest BCUT2D eigenvalue weighted by Crippen LogP contribution is 2.34. The van der Waals surface area contributed by atoms with Crippen molar-refractivity contribution in [3.8, 4) is 6.07 Å². The molecule has 1 aromatic carbocycles. The van der Waals surface area contributed by atoms with Gasteiger partial charge in [-0.15, -0.1) is 0 Å². The van der Waals surface area contributed by atoms with E-state index in [4.69, 9.17) is 11.1 Å². The summed E-state index contributed by atoms with van der Waals surface area (Å²) in [5.74, 6) is -0.836. The Hall–Kier alpha value is -4.65. The number of allylic oxidation sites excluding steroid dienone is 1. The molecule has 0 unspecified atom stereocenters. The monoisotopic (exact) mass is 441 g/mol. The van der Waals surface area contributed by atoms with Crippen LogP contribution in [0.15, 0.2) is 65.0 Å². The smallest absolute Gasteiger partial charge is 0.151 e. The molecule has 164 valence electrons. The van der Waals surface area contributed by atoms with Crippen LogP contribution in [0.3, 0.4) is 0 Å². The number of aromatic nitrogens is 3. The van der Waals surface area contributed by atoms with Gasteiger partial charge in [0.2, 0.25) is 0 Å². The van der Waals surface area contributed by atoms with Gasteiger partial charge < -0.3 is 11.2 Å². The van der Waals surface area contributed by atoms with Crippen molar-refractivity contribution in [3.05, 3.63) is 83.2 Å². The summed E-state index contributed by atoms with van der Waals surface area (Å²) in [6.45, 7) is 2.75. The number of rotatable bonds is 6. The number of halogens is 1. The molecule has 0 fully saturated rings. The third-order valence-electron chi connectivity index (χ3n) is 5.02. The Morgan fingerprint density at radius 1 is 1.21 bits per heavy atom. The van der Waals surface area contributed by atoms with Crippen molar-refractivity contribution < 1.29 is 4.39 Å². The van der Waals surface area contributed by atoms with Crippen LogP contribution < -0.4 is 11.2 Å². The van der Waals surface area contributed by atoms with Gasteiger partial charge in [-0.3, -0.25) is 15.1 Å². The quantitative estimate of drug-likeness (QED) is 0.504. The van der Waals surface area contributed by atoms with Crippen molar-refractivity contribution >= 4 is 28.5 Å². The predicted octanol–water partition coefficient (Wildman–Crippen LogP) is 2.71. The second-order valence-corrected chi connectivity index (χ2v) is 7.02. The maximum Gasteiger partial charge on any atom is 0.151 e. The molecule has 1 aliphatic rings. The van der Waals surface area contributed by atoms with E-state index in [0.29, 0.717) is 24.4 Å². The van der Waals surface area contributed by atoms with Gasteiger partial charge in [-0.05, 0) is 37.3 Å². The Kier molecular flexibility index (Phi) is 6.04. The van der Waals surface area contributed by atoms with Crippen LogP contribution in [-0.4, -0.2) is 32.0 Å². The number of amidine groups is 1. The van der Waals surface area contributed by atoms with Crippen molar-refractivity contribution in [2.45, 2.75) is 20.0 Å². The molecule has 0 spiro atoms. The summed E-state index contributed by atoms with van der Waals surface area (Å²) in [5.41, 5.74) is 10.9. The third-order valence-corrected chi connectivity index (χ3v) is 5.02. The Morgan fingerprint density at radius 3 is 2.79 bits per heavy atom. The van der Waals surface area contributed by atoms with Crippen LogP contribution >= 0.6 is 0 Å². The van der Waals surface area contributed by atoms with E-state index in [9.17, 15) is 5.26 Å². The molecule has 0 saturated carbocycles. The van der Waals surface area contributed by atoms with Crippen LogP contribution in [0.4, 0.5) is 4.39 Å². The number of pyridine rings is 1. The molecule has 33 heavy (non-hydrogen) atoms. The topological polar surface area (TPSA) is 141 Å². The van der Waals surface area contributed by atoms with Crippen molar-refractivity contribution in [1.29, 1.82) is 10.7 Å².